The number of benzene rings is 2. The summed E-state index contributed by atoms with van der Waals surface area (Å²) in [6.45, 7) is 2.42. The second-order valence-electron chi connectivity index (χ2n) is 5.12. The molecule has 0 bridgehead atoms. The maximum atomic E-state index is 12.7. The van der Waals surface area contributed by atoms with Gasteiger partial charge in [-0.05, 0) is 29.8 Å². The predicted octanol–water partition coefficient (Wildman–Crippen LogP) is 2.41. The highest BCUT2D eigenvalue weighted by Crippen LogP contribution is 2.22. The molecule has 0 saturated carbocycles. The van der Waals surface area contributed by atoms with Crippen LogP contribution >= 0.6 is 11.8 Å². The molecule has 23 heavy (non-hydrogen) atoms. The van der Waals surface area contributed by atoms with Gasteiger partial charge in [0, 0.05) is 13.6 Å². The lowest BCUT2D eigenvalue weighted by atomic mass is 10.1. The third-order valence-electron chi connectivity index (χ3n) is 3.71. The molecule has 3 aromatic rings. The lowest BCUT2D eigenvalue weighted by Crippen LogP contribution is -2.24. The molecule has 0 aliphatic rings. The van der Waals surface area contributed by atoms with Crippen molar-refractivity contribution in [2.45, 2.75) is 18.6 Å². The molecule has 0 aliphatic carbocycles. The van der Waals surface area contributed by atoms with Crippen LogP contribution in [0.2, 0.25) is 0 Å². The van der Waals surface area contributed by atoms with E-state index in [4.69, 9.17) is 0 Å². The maximum Gasteiger partial charge on any atom is 0.262 e. The van der Waals surface area contributed by atoms with E-state index in [9.17, 15) is 9.59 Å². The molecule has 0 atom stereocenters. The van der Waals surface area contributed by atoms with E-state index in [0.717, 1.165) is 10.8 Å². The van der Waals surface area contributed by atoms with Gasteiger partial charge in [-0.3, -0.25) is 14.2 Å². The Balaban J connectivity index is 2.18. The van der Waals surface area contributed by atoms with Crippen LogP contribution in [0, 0.1) is 0 Å². The first-order valence-corrected chi connectivity index (χ1v) is 8.39. The van der Waals surface area contributed by atoms with Crippen LogP contribution < -0.4 is 10.9 Å². The zero-order valence-corrected chi connectivity index (χ0v) is 13.8. The molecule has 0 saturated heterocycles. The van der Waals surface area contributed by atoms with Crippen LogP contribution in [0.5, 0.6) is 0 Å². The van der Waals surface area contributed by atoms with Crippen LogP contribution in [0.15, 0.2) is 46.3 Å². The zero-order chi connectivity index (χ0) is 16.4. The first kappa shape index (κ1) is 15.6. The fourth-order valence-corrected chi connectivity index (χ4v) is 3.41. The summed E-state index contributed by atoms with van der Waals surface area (Å²) in [6.07, 6.45) is 0. The molecule has 2 aromatic carbocycles. The number of amides is 1. The highest BCUT2D eigenvalue weighted by Gasteiger charge is 2.12. The van der Waals surface area contributed by atoms with Crippen molar-refractivity contribution < 1.29 is 4.79 Å². The molecular formula is C17H17N3O2S. The molecule has 1 aromatic heterocycles. The summed E-state index contributed by atoms with van der Waals surface area (Å²) in [7, 11) is 1.59. The largest absolute Gasteiger partial charge is 0.358 e. The van der Waals surface area contributed by atoms with Crippen LogP contribution in [0.1, 0.15) is 6.92 Å². The average molecular weight is 327 g/mol. The Morgan fingerprint density at radius 3 is 2.61 bits per heavy atom. The summed E-state index contributed by atoms with van der Waals surface area (Å²) < 4.78 is 1.62. The van der Waals surface area contributed by atoms with Crippen molar-refractivity contribution in [1.82, 2.24) is 14.9 Å². The smallest absolute Gasteiger partial charge is 0.262 e. The number of nitrogens with zero attached hydrogens (tertiary/aromatic N) is 2. The fourth-order valence-electron chi connectivity index (χ4n) is 2.48. The molecular weight excluding hydrogens is 310 g/mol. The number of carbonyl (C=O) groups excluding carboxylic acids is 1. The van der Waals surface area contributed by atoms with Gasteiger partial charge in [0.2, 0.25) is 5.91 Å². The number of aromatic nitrogens is 2. The molecule has 0 fully saturated rings. The van der Waals surface area contributed by atoms with E-state index in [1.165, 1.54) is 11.8 Å². The van der Waals surface area contributed by atoms with Gasteiger partial charge < -0.3 is 5.32 Å². The molecule has 0 aliphatic heterocycles. The Kier molecular flexibility index (Phi) is 4.34. The number of fused-ring (bicyclic) bond motifs is 2. The van der Waals surface area contributed by atoms with E-state index in [1.54, 1.807) is 11.6 Å². The van der Waals surface area contributed by atoms with Crippen molar-refractivity contribution >= 4 is 39.3 Å². The molecule has 5 nitrogen and oxygen atoms in total. The van der Waals surface area contributed by atoms with Crippen molar-refractivity contribution in [2.24, 2.45) is 0 Å². The van der Waals surface area contributed by atoms with Crippen molar-refractivity contribution in [2.75, 3.05) is 12.8 Å². The number of rotatable bonds is 4. The van der Waals surface area contributed by atoms with Gasteiger partial charge in [-0.25, -0.2) is 4.98 Å². The minimum Gasteiger partial charge on any atom is -0.358 e. The van der Waals surface area contributed by atoms with Gasteiger partial charge in [0.05, 0.1) is 16.7 Å². The molecule has 118 valence electrons. The molecule has 6 heteroatoms. The van der Waals surface area contributed by atoms with Gasteiger partial charge in [0.1, 0.15) is 0 Å². The number of hydrogen-bond acceptors (Lipinski definition) is 4. The van der Waals surface area contributed by atoms with Crippen LogP contribution in [-0.4, -0.2) is 28.3 Å². The summed E-state index contributed by atoms with van der Waals surface area (Å²) in [6, 6.07) is 11.7. The molecule has 0 spiro atoms. The Labute approximate surface area is 137 Å². The van der Waals surface area contributed by atoms with Crippen molar-refractivity contribution in [3.8, 4) is 0 Å². The van der Waals surface area contributed by atoms with Crippen LogP contribution in [-0.2, 0) is 11.3 Å². The van der Waals surface area contributed by atoms with E-state index in [2.05, 4.69) is 10.3 Å². The van der Waals surface area contributed by atoms with Crippen LogP contribution in [0.25, 0.3) is 21.7 Å². The minimum atomic E-state index is -0.0921. The van der Waals surface area contributed by atoms with Gasteiger partial charge in [0.15, 0.2) is 5.16 Å². The van der Waals surface area contributed by atoms with E-state index in [0.29, 0.717) is 22.6 Å². The zero-order valence-electron chi connectivity index (χ0n) is 13.0. The second-order valence-corrected chi connectivity index (χ2v) is 6.06. The number of nitrogens with one attached hydrogen (secondary N) is 1. The molecule has 1 N–H and O–H groups in total. The SMILES string of the molecule is CCn1c(SCC(=O)NC)nc2cc3ccccc3cc2c1=O. The maximum absolute atomic E-state index is 12.7. The molecule has 0 radical (unpaired) electrons. The van der Waals surface area contributed by atoms with E-state index >= 15 is 0 Å². The standard InChI is InChI=1S/C17H17N3O2S/c1-3-20-16(22)13-8-11-6-4-5-7-12(11)9-14(13)19-17(20)23-10-15(21)18-2/h4-9H,3,10H2,1-2H3,(H,18,21). The van der Waals surface area contributed by atoms with Crippen LogP contribution in [0.4, 0.5) is 0 Å². The fraction of sp³-hybridized carbons (Fsp3) is 0.235. The molecule has 3 rings (SSSR count). The number of carbonyl (C=O) groups is 1. The average Bonchev–Trinajstić information content (AvgIpc) is 2.58. The monoisotopic (exact) mass is 327 g/mol. The lowest BCUT2D eigenvalue weighted by Gasteiger charge is -2.11. The van der Waals surface area contributed by atoms with E-state index in [1.807, 2.05) is 43.3 Å². The van der Waals surface area contributed by atoms with Crippen molar-refractivity contribution in [3.05, 3.63) is 46.8 Å². The Bertz CT molecular complexity index is 950. The summed E-state index contributed by atoms with van der Waals surface area (Å²) in [5.74, 6) is 0.146. The predicted molar refractivity (Wildman–Crippen MR) is 94.0 cm³/mol. The quantitative estimate of drug-likeness (QED) is 0.454. The van der Waals surface area contributed by atoms with Gasteiger partial charge in [-0.2, -0.15) is 0 Å². The van der Waals surface area contributed by atoms with Gasteiger partial charge in [-0.15, -0.1) is 0 Å². The van der Waals surface area contributed by atoms with Gasteiger partial charge in [-0.1, -0.05) is 36.0 Å². The Morgan fingerprint density at radius 1 is 1.26 bits per heavy atom. The first-order valence-electron chi connectivity index (χ1n) is 7.40. The third-order valence-corrected chi connectivity index (χ3v) is 4.69. The minimum absolute atomic E-state index is 0.0670. The topological polar surface area (TPSA) is 64.0 Å². The normalized spacial score (nSPS) is 11.0. The number of thioether (sulfide) groups is 1. The highest BCUT2D eigenvalue weighted by molar-refractivity contribution is 7.99. The molecule has 1 heterocycles. The van der Waals surface area contributed by atoms with Gasteiger partial charge in [0.25, 0.3) is 5.56 Å². The van der Waals surface area contributed by atoms with Crippen LogP contribution in [0.3, 0.4) is 0 Å². The van der Waals surface area contributed by atoms with E-state index in [-0.39, 0.29) is 17.2 Å². The first-order chi connectivity index (χ1) is 11.1. The summed E-state index contributed by atoms with van der Waals surface area (Å²) in [5, 5.41) is 5.82. The lowest BCUT2D eigenvalue weighted by molar-refractivity contribution is -0.118. The summed E-state index contributed by atoms with van der Waals surface area (Å²) in [5.41, 5.74) is 0.598. The summed E-state index contributed by atoms with van der Waals surface area (Å²) in [4.78, 5) is 28.8. The highest BCUT2D eigenvalue weighted by atomic mass is 32.2. The van der Waals surface area contributed by atoms with E-state index < -0.39 is 0 Å². The Hall–Kier alpha value is -2.34. The molecule has 1 amide bonds. The molecule has 0 unspecified atom stereocenters. The van der Waals surface area contributed by atoms with Crippen molar-refractivity contribution in [3.63, 3.8) is 0 Å². The number of hydrogen-bond donors (Lipinski definition) is 1. The van der Waals surface area contributed by atoms with Crippen molar-refractivity contribution in [1.29, 1.82) is 0 Å². The summed E-state index contributed by atoms with van der Waals surface area (Å²) >= 11 is 1.28. The second kappa shape index (κ2) is 6.42. The van der Waals surface area contributed by atoms with Gasteiger partial charge >= 0.3 is 0 Å². The Morgan fingerprint density at radius 2 is 1.96 bits per heavy atom. The third kappa shape index (κ3) is 2.94.